The van der Waals surface area contributed by atoms with Crippen molar-refractivity contribution in [2.45, 2.75) is 63.5 Å². The predicted octanol–water partition coefficient (Wildman–Crippen LogP) is 3.44. The number of esters is 1. The van der Waals surface area contributed by atoms with Gasteiger partial charge in [-0.2, -0.15) is 0 Å². The smallest absolute Gasteiger partial charge is 0.337 e. The van der Waals surface area contributed by atoms with E-state index in [1.165, 1.54) is 31.1 Å². The Balaban J connectivity index is 1.66. The highest BCUT2D eigenvalue weighted by atomic mass is 16.5. The van der Waals surface area contributed by atoms with Crippen molar-refractivity contribution in [1.82, 2.24) is 5.32 Å². The Morgan fingerprint density at radius 3 is 3.04 bits per heavy atom. The molecule has 24 heavy (non-hydrogen) atoms. The van der Waals surface area contributed by atoms with Crippen molar-refractivity contribution in [3.05, 3.63) is 34.9 Å². The number of carbonyl (C=O) groups is 1. The maximum atomic E-state index is 11.8. The zero-order chi connectivity index (χ0) is 16.9. The molecule has 1 saturated heterocycles. The first-order valence-electron chi connectivity index (χ1n) is 9.27. The van der Waals surface area contributed by atoms with E-state index in [0.29, 0.717) is 23.6 Å². The van der Waals surface area contributed by atoms with E-state index in [1.807, 2.05) is 12.1 Å². The molecule has 4 nitrogen and oxygen atoms in total. The average Bonchev–Trinajstić information content (AvgIpc) is 2.65. The number of methoxy groups -OCH3 is 1. The second kappa shape index (κ2) is 8.13. The molecule has 1 aliphatic carbocycles. The largest absolute Gasteiger partial charge is 0.465 e. The third-order valence-corrected chi connectivity index (χ3v) is 5.48. The van der Waals surface area contributed by atoms with Crippen molar-refractivity contribution in [2.24, 2.45) is 0 Å². The molecule has 1 aromatic rings. The van der Waals surface area contributed by atoms with Gasteiger partial charge in [0.2, 0.25) is 0 Å². The van der Waals surface area contributed by atoms with E-state index in [1.54, 1.807) is 0 Å². The minimum absolute atomic E-state index is 0.245. The zero-order valence-corrected chi connectivity index (χ0v) is 14.8. The molecule has 0 amide bonds. The SMILES string of the molecule is CCC1CC(NCC2CCCc3ccc(C(=O)OC)cc32)CCO1. The second-order valence-corrected chi connectivity index (χ2v) is 7.02. The molecule has 0 spiro atoms. The van der Waals surface area contributed by atoms with Gasteiger partial charge >= 0.3 is 5.97 Å². The van der Waals surface area contributed by atoms with Gasteiger partial charge in [0.1, 0.15) is 0 Å². The Bertz CT molecular complexity index is 572. The molecule has 1 N–H and O–H groups in total. The molecule has 0 bridgehead atoms. The van der Waals surface area contributed by atoms with E-state index in [2.05, 4.69) is 18.3 Å². The van der Waals surface area contributed by atoms with Crippen LogP contribution in [0.4, 0.5) is 0 Å². The number of fused-ring (bicyclic) bond motifs is 1. The lowest BCUT2D eigenvalue weighted by molar-refractivity contribution is -0.000264. The van der Waals surface area contributed by atoms with Crippen LogP contribution < -0.4 is 5.32 Å². The lowest BCUT2D eigenvalue weighted by atomic mass is 9.81. The molecule has 1 aromatic carbocycles. The van der Waals surface area contributed by atoms with Crippen LogP contribution in [0.25, 0.3) is 0 Å². The number of carbonyl (C=O) groups excluding carboxylic acids is 1. The first-order chi connectivity index (χ1) is 11.7. The quantitative estimate of drug-likeness (QED) is 0.840. The highest BCUT2D eigenvalue weighted by Crippen LogP contribution is 2.32. The van der Waals surface area contributed by atoms with Gasteiger partial charge in [0.25, 0.3) is 0 Å². The van der Waals surface area contributed by atoms with Gasteiger partial charge in [-0.1, -0.05) is 13.0 Å². The molecule has 1 aliphatic heterocycles. The molecule has 0 aromatic heterocycles. The standard InChI is InChI=1S/C20H29NO3/c1-3-18-12-17(9-10-24-18)21-13-16-6-4-5-14-7-8-15(11-19(14)16)20(22)23-2/h7-8,11,16-18,21H,3-6,9-10,12-13H2,1-2H3. The van der Waals surface area contributed by atoms with E-state index >= 15 is 0 Å². The van der Waals surface area contributed by atoms with Crippen LogP contribution in [0, 0.1) is 0 Å². The van der Waals surface area contributed by atoms with Gasteiger partial charge in [0, 0.05) is 19.2 Å². The fourth-order valence-electron chi connectivity index (χ4n) is 4.01. The van der Waals surface area contributed by atoms with Gasteiger partial charge < -0.3 is 14.8 Å². The molecule has 0 radical (unpaired) electrons. The lowest BCUT2D eigenvalue weighted by Gasteiger charge is -2.32. The van der Waals surface area contributed by atoms with Gasteiger partial charge in [-0.3, -0.25) is 0 Å². The number of ether oxygens (including phenoxy) is 2. The molecule has 132 valence electrons. The molecule has 4 heteroatoms. The van der Waals surface area contributed by atoms with Crippen LogP contribution in [-0.4, -0.2) is 38.4 Å². The Morgan fingerprint density at radius 2 is 2.25 bits per heavy atom. The summed E-state index contributed by atoms with van der Waals surface area (Å²) in [6.07, 6.45) is 7.22. The summed E-state index contributed by atoms with van der Waals surface area (Å²) in [6, 6.07) is 6.60. The summed E-state index contributed by atoms with van der Waals surface area (Å²) in [4.78, 5) is 11.8. The Hall–Kier alpha value is -1.39. The maximum Gasteiger partial charge on any atom is 0.337 e. The van der Waals surface area contributed by atoms with Crippen molar-refractivity contribution in [3.63, 3.8) is 0 Å². The Labute approximate surface area is 144 Å². The van der Waals surface area contributed by atoms with Crippen molar-refractivity contribution in [2.75, 3.05) is 20.3 Å². The highest BCUT2D eigenvalue weighted by molar-refractivity contribution is 5.89. The monoisotopic (exact) mass is 331 g/mol. The van der Waals surface area contributed by atoms with Crippen LogP contribution in [0.15, 0.2) is 18.2 Å². The number of benzene rings is 1. The van der Waals surface area contributed by atoms with Crippen LogP contribution in [0.3, 0.4) is 0 Å². The number of nitrogens with one attached hydrogen (secondary N) is 1. The summed E-state index contributed by atoms with van der Waals surface area (Å²) < 4.78 is 10.6. The van der Waals surface area contributed by atoms with Crippen molar-refractivity contribution < 1.29 is 14.3 Å². The topological polar surface area (TPSA) is 47.6 Å². The van der Waals surface area contributed by atoms with Crippen molar-refractivity contribution in [1.29, 1.82) is 0 Å². The van der Waals surface area contributed by atoms with Crippen molar-refractivity contribution >= 4 is 5.97 Å². The molecule has 3 atom stereocenters. The fraction of sp³-hybridized carbons (Fsp3) is 0.650. The van der Waals surface area contributed by atoms with Gasteiger partial charge in [-0.25, -0.2) is 4.79 Å². The predicted molar refractivity (Wildman–Crippen MR) is 94.5 cm³/mol. The fourth-order valence-corrected chi connectivity index (χ4v) is 4.01. The lowest BCUT2D eigenvalue weighted by Crippen LogP contribution is -2.40. The van der Waals surface area contributed by atoms with E-state index in [4.69, 9.17) is 9.47 Å². The molecular formula is C20H29NO3. The molecule has 0 saturated carbocycles. The van der Waals surface area contributed by atoms with Gasteiger partial charge in [0.05, 0.1) is 18.8 Å². The van der Waals surface area contributed by atoms with E-state index in [0.717, 1.165) is 38.8 Å². The Kier molecular flexibility index (Phi) is 5.90. The first kappa shape index (κ1) is 17.4. The summed E-state index contributed by atoms with van der Waals surface area (Å²) in [5.41, 5.74) is 3.38. The number of rotatable bonds is 5. The third-order valence-electron chi connectivity index (χ3n) is 5.48. The first-order valence-corrected chi connectivity index (χ1v) is 9.27. The molecule has 1 heterocycles. The second-order valence-electron chi connectivity index (χ2n) is 7.02. The number of hydrogen-bond donors (Lipinski definition) is 1. The molecule has 3 unspecified atom stereocenters. The van der Waals surface area contributed by atoms with Gasteiger partial charge in [-0.05, 0) is 67.7 Å². The van der Waals surface area contributed by atoms with Gasteiger partial charge in [0.15, 0.2) is 0 Å². The van der Waals surface area contributed by atoms with Crippen LogP contribution in [0.1, 0.15) is 66.4 Å². The minimum Gasteiger partial charge on any atom is -0.465 e. The molecule has 3 rings (SSSR count). The third kappa shape index (κ3) is 3.98. The average molecular weight is 331 g/mol. The van der Waals surface area contributed by atoms with E-state index in [-0.39, 0.29) is 5.97 Å². The summed E-state index contributed by atoms with van der Waals surface area (Å²) in [5, 5.41) is 3.76. The van der Waals surface area contributed by atoms with Crippen LogP contribution in [0.5, 0.6) is 0 Å². The highest BCUT2D eigenvalue weighted by Gasteiger charge is 2.25. The summed E-state index contributed by atoms with van der Waals surface area (Å²) in [5.74, 6) is 0.242. The van der Waals surface area contributed by atoms with Gasteiger partial charge in [-0.15, -0.1) is 0 Å². The van der Waals surface area contributed by atoms with E-state index in [9.17, 15) is 4.79 Å². The molecular weight excluding hydrogens is 302 g/mol. The maximum absolute atomic E-state index is 11.8. The van der Waals surface area contributed by atoms with Crippen molar-refractivity contribution in [3.8, 4) is 0 Å². The minimum atomic E-state index is -0.245. The van der Waals surface area contributed by atoms with Crippen LogP contribution in [-0.2, 0) is 15.9 Å². The summed E-state index contributed by atoms with van der Waals surface area (Å²) in [6.45, 7) is 4.04. The van der Waals surface area contributed by atoms with Crippen LogP contribution >= 0.6 is 0 Å². The summed E-state index contributed by atoms with van der Waals surface area (Å²) in [7, 11) is 1.44. The number of aryl methyl sites for hydroxylation is 1. The Morgan fingerprint density at radius 1 is 1.38 bits per heavy atom. The molecule has 1 fully saturated rings. The van der Waals surface area contributed by atoms with Crippen LogP contribution in [0.2, 0.25) is 0 Å². The molecule has 2 aliphatic rings. The normalized spacial score (nSPS) is 26.7. The summed E-state index contributed by atoms with van der Waals surface area (Å²) >= 11 is 0. The van der Waals surface area contributed by atoms with E-state index < -0.39 is 0 Å². The number of hydrogen-bond acceptors (Lipinski definition) is 4. The zero-order valence-electron chi connectivity index (χ0n) is 14.8.